The Morgan fingerprint density at radius 3 is 2.76 bits per heavy atom. The van der Waals surface area contributed by atoms with Gasteiger partial charge in [0.05, 0.1) is 16.8 Å². The van der Waals surface area contributed by atoms with Crippen molar-refractivity contribution < 1.29 is 4.92 Å². The van der Waals surface area contributed by atoms with Crippen molar-refractivity contribution in [2.75, 3.05) is 5.75 Å². The highest BCUT2D eigenvalue weighted by atomic mass is 32.2. The second kappa shape index (κ2) is 5.82. The molecule has 2 aromatic heterocycles. The van der Waals surface area contributed by atoms with Crippen molar-refractivity contribution in [2.45, 2.75) is 17.7 Å². The molecule has 1 aromatic carbocycles. The Morgan fingerprint density at radius 1 is 1.38 bits per heavy atom. The summed E-state index contributed by atoms with van der Waals surface area (Å²) in [5, 5.41) is 15.1. The molecule has 6 nitrogen and oxygen atoms in total. The van der Waals surface area contributed by atoms with E-state index in [-0.39, 0.29) is 5.69 Å². The van der Waals surface area contributed by atoms with Crippen LogP contribution in [0.4, 0.5) is 5.69 Å². The fourth-order valence-corrected chi connectivity index (χ4v) is 3.67. The molecule has 0 atom stereocenters. The third kappa shape index (κ3) is 2.91. The molecule has 0 saturated heterocycles. The van der Waals surface area contributed by atoms with Crippen LogP contribution in [-0.2, 0) is 0 Å². The van der Waals surface area contributed by atoms with E-state index in [0.717, 1.165) is 32.7 Å². The van der Waals surface area contributed by atoms with Gasteiger partial charge < -0.3 is 0 Å². The van der Waals surface area contributed by atoms with Crippen LogP contribution >= 0.6 is 23.1 Å². The highest BCUT2D eigenvalue weighted by molar-refractivity contribution is 8.01. The van der Waals surface area contributed by atoms with E-state index >= 15 is 0 Å². The Balaban J connectivity index is 1.87. The fraction of sp³-hybridized carbons (Fsp3) is 0.231. The molecule has 0 radical (unpaired) electrons. The molecular formula is C13H12N4O2S2. The molecule has 0 spiro atoms. The minimum Gasteiger partial charge on any atom is -0.258 e. The van der Waals surface area contributed by atoms with Gasteiger partial charge in [-0.1, -0.05) is 30.0 Å². The van der Waals surface area contributed by atoms with Crippen molar-refractivity contribution in [2.24, 2.45) is 0 Å². The molecular weight excluding hydrogens is 308 g/mol. The van der Waals surface area contributed by atoms with Gasteiger partial charge in [0, 0.05) is 23.4 Å². The number of nitro benzene ring substituents is 1. The standard InChI is InChI=1S/C13H12N4O2S2/c1-2-7-20-13-15-16-8-11(14-12(16)21-13)9-3-5-10(6-4-9)17(18)19/h3-6,8H,2,7H2,1H3. The van der Waals surface area contributed by atoms with E-state index in [1.165, 1.54) is 12.1 Å². The van der Waals surface area contributed by atoms with Crippen LogP contribution in [0.3, 0.4) is 0 Å². The van der Waals surface area contributed by atoms with Crippen molar-refractivity contribution in [1.29, 1.82) is 0 Å². The van der Waals surface area contributed by atoms with Crippen molar-refractivity contribution in [1.82, 2.24) is 14.6 Å². The number of aromatic nitrogens is 3. The van der Waals surface area contributed by atoms with Gasteiger partial charge in [-0.25, -0.2) is 9.50 Å². The summed E-state index contributed by atoms with van der Waals surface area (Å²) in [5.41, 5.74) is 1.70. The van der Waals surface area contributed by atoms with E-state index in [9.17, 15) is 10.1 Å². The van der Waals surface area contributed by atoms with E-state index in [1.54, 1.807) is 39.7 Å². The van der Waals surface area contributed by atoms with Crippen LogP contribution in [0.1, 0.15) is 13.3 Å². The van der Waals surface area contributed by atoms with Crippen LogP contribution < -0.4 is 0 Å². The molecule has 0 aliphatic heterocycles. The molecule has 0 unspecified atom stereocenters. The van der Waals surface area contributed by atoms with Crippen LogP contribution in [-0.4, -0.2) is 25.3 Å². The predicted octanol–water partition coefficient (Wildman–Crippen LogP) is 3.87. The molecule has 0 aliphatic rings. The van der Waals surface area contributed by atoms with E-state index < -0.39 is 4.92 Å². The number of non-ortho nitro benzene ring substituents is 1. The Kier molecular flexibility index (Phi) is 3.89. The maximum atomic E-state index is 10.6. The molecule has 3 aromatic rings. The van der Waals surface area contributed by atoms with Crippen LogP contribution in [0.15, 0.2) is 34.8 Å². The van der Waals surface area contributed by atoms with Crippen molar-refractivity contribution in [3.63, 3.8) is 0 Å². The summed E-state index contributed by atoms with van der Waals surface area (Å²) in [7, 11) is 0. The van der Waals surface area contributed by atoms with Crippen molar-refractivity contribution in [3.8, 4) is 11.3 Å². The van der Waals surface area contributed by atoms with Crippen LogP contribution in [0.2, 0.25) is 0 Å². The highest BCUT2D eigenvalue weighted by Crippen LogP contribution is 2.28. The summed E-state index contributed by atoms with van der Waals surface area (Å²) in [6, 6.07) is 6.38. The first-order valence-corrected chi connectivity index (χ1v) is 8.21. The number of nitro groups is 1. The topological polar surface area (TPSA) is 73.3 Å². The summed E-state index contributed by atoms with van der Waals surface area (Å²) in [4.78, 5) is 15.6. The second-order valence-electron chi connectivity index (χ2n) is 4.37. The number of rotatable bonds is 5. The molecule has 0 amide bonds. The van der Waals surface area contributed by atoms with Gasteiger partial charge in [0.25, 0.3) is 5.69 Å². The molecule has 0 N–H and O–H groups in total. The lowest BCUT2D eigenvalue weighted by Crippen LogP contribution is -1.87. The fourth-order valence-electron chi connectivity index (χ4n) is 1.82. The Bertz CT molecular complexity index is 748. The normalized spacial score (nSPS) is 11.1. The molecule has 8 heteroatoms. The van der Waals surface area contributed by atoms with Crippen LogP contribution in [0.5, 0.6) is 0 Å². The number of benzene rings is 1. The molecule has 108 valence electrons. The molecule has 21 heavy (non-hydrogen) atoms. The van der Waals surface area contributed by atoms with Gasteiger partial charge in [-0.15, -0.1) is 5.10 Å². The third-order valence-corrected chi connectivity index (χ3v) is 5.09. The first kappa shape index (κ1) is 14.0. The second-order valence-corrected chi connectivity index (χ2v) is 6.67. The van der Waals surface area contributed by atoms with Crippen LogP contribution in [0.25, 0.3) is 16.2 Å². The van der Waals surface area contributed by atoms with E-state index in [1.807, 2.05) is 6.20 Å². The summed E-state index contributed by atoms with van der Waals surface area (Å²) in [6.07, 6.45) is 2.96. The van der Waals surface area contributed by atoms with Crippen molar-refractivity contribution >= 4 is 33.7 Å². The Hall–Kier alpha value is -1.93. The lowest BCUT2D eigenvalue weighted by atomic mass is 10.1. The number of fused-ring (bicyclic) bond motifs is 1. The molecule has 2 heterocycles. The van der Waals surface area contributed by atoms with Gasteiger partial charge >= 0.3 is 0 Å². The average molecular weight is 320 g/mol. The lowest BCUT2D eigenvalue weighted by Gasteiger charge is -1.95. The molecule has 3 rings (SSSR count). The molecule has 0 fully saturated rings. The van der Waals surface area contributed by atoms with E-state index in [4.69, 9.17) is 0 Å². The number of nitrogens with zero attached hydrogens (tertiary/aromatic N) is 4. The van der Waals surface area contributed by atoms with Crippen molar-refractivity contribution in [3.05, 3.63) is 40.6 Å². The zero-order valence-corrected chi connectivity index (χ0v) is 12.9. The summed E-state index contributed by atoms with van der Waals surface area (Å²) >= 11 is 3.29. The summed E-state index contributed by atoms with van der Waals surface area (Å²) < 4.78 is 2.77. The van der Waals surface area contributed by atoms with Gasteiger partial charge in [0.1, 0.15) is 0 Å². The van der Waals surface area contributed by atoms with E-state index in [0.29, 0.717) is 0 Å². The minimum atomic E-state index is -0.408. The molecule has 0 aliphatic carbocycles. The summed E-state index contributed by atoms with van der Waals surface area (Å²) in [5.74, 6) is 1.05. The number of imidazole rings is 1. The van der Waals surface area contributed by atoms with Gasteiger partial charge in [-0.3, -0.25) is 10.1 Å². The van der Waals surface area contributed by atoms with E-state index in [2.05, 4.69) is 17.0 Å². The SMILES string of the molecule is CCCSc1nn2cc(-c3ccc([N+](=O)[O-])cc3)nc2s1. The molecule has 0 bridgehead atoms. The maximum absolute atomic E-state index is 10.6. The predicted molar refractivity (Wildman–Crippen MR) is 84.0 cm³/mol. The zero-order valence-electron chi connectivity index (χ0n) is 11.2. The monoisotopic (exact) mass is 320 g/mol. The zero-order chi connectivity index (χ0) is 14.8. The van der Waals surface area contributed by atoms with Gasteiger partial charge in [0.2, 0.25) is 4.96 Å². The number of hydrogen-bond donors (Lipinski definition) is 0. The first-order chi connectivity index (χ1) is 10.2. The van der Waals surface area contributed by atoms with Gasteiger partial charge in [-0.2, -0.15) is 0 Å². The lowest BCUT2D eigenvalue weighted by molar-refractivity contribution is -0.384. The smallest absolute Gasteiger partial charge is 0.258 e. The highest BCUT2D eigenvalue weighted by Gasteiger charge is 2.11. The Morgan fingerprint density at radius 2 is 2.14 bits per heavy atom. The largest absolute Gasteiger partial charge is 0.269 e. The average Bonchev–Trinajstić information content (AvgIpc) is 3.03. The number of thioether (sulfide) groups is 1. The maximum Gasteiger partial charge on any atom is 0.269 e. The summed E-state index contributed by atoms with van der Waals surface area (Å²) in [6.45, 7) is 2.14. The Labute approximate surface area is 129 Å². The van der Waals surface area contributed by atoms with Gasteiger partial charge in [-0.05, 0) is 18.6 Å². The quantitative estimate of drug-likeness (QED) is 0.405. The molecule has 0 saturated carbocycles. The third-order valence-electron chi connectivity index (χ3n) is 2.83. The van der Waals surface area contributed by atoms with Gasteiger partial charge in [0.15, 0.2) is 4.34 Å². The number of hydrogen-bond acceptors (Lipinski definition) is 6. The van der Waals surface area contributed by atoms with Crippen LogP contribution in [0, 0.1) is 10.1 Å². The minimum absolute atomic E-state index is 0.0798. The first-order valence-electron chi connectivity index (χ1n) is 6.41.